The summed E-state index contributed by atoms with van der Waals surface area (Å²) in [5, 5.41) is 10.4. The molecule has 1 spiro atoms. The van der Waals surface area contributed by atoms with Crippen molar-refractivity contribution in [1.82, 2.24) is 0 Å². The molecular formula is C32H55NO4. The molecule has 1 aliphatic heterocycles. The second kappa shape index (κ2) is 9.87. The van der Waals surface area contributed by atoms with Crippen LogP contribution in [0.15, 0.2) is 12.2 Å². The first-order chi connectivity index (χ1) is 17.4. The van der Waals surface area contributed by atoms with E-state index in [0.717, 1.165) is 25.2 Å². The van der Waals surface area contributed by atoms with Gasteiger partial charge in [0.1, 0.15) is 0 Å². The number of rotatable bonds is 7. The largest absolute Gasteiger partial charge is 0.366 e. The van der Waals surface area contributed by atoms with Crippen molar-refractivity contribution >= 4 is 0 Å². The maximum Gasteiger partial charge on any atom is 0.187 e. The van der Waals surface area contributed by atoms with Crippen LogP contribution in [0.3, 0.4) is 0 Å². The van der Waals surface area contributed by atoms with Gasteiger partial charge in [-0.15, -0.1) is 0 Å². The van der Waals surface area contributed by atoms with Crippen LogP contribution < -0.4 is 5.73 Å². The van der Waals surface area contributed by atoms with Crippen molar-refractivity contribution < 1.29 is 19.3 Å². The van der Waals surface area contributed by atoms with Crippen LogP contribution in [0.25, 0.3) is 0 Å². The minimum absolute atomic E-state index is 0.0647. The van der Waals surface area contributed by atoms with Crippen molar-refractivity contribution in [3.05, 3.63) is 12.2 Å². The van der Waals surface area contributed by atoms with Gasteiger partial charge in [-0.3, -0.25) is 0 Å². The van der Waals surface area contributed by atoms with Crippen LogP contribution in [-0.4, -0.2) is 41.5 Å². The first-order valence-corrected chi connectivity index (χ1v) is 15.5. The number of unbranched alkanes of at least 4 members (excludes halogenated alkanes) is 2. The number of allylic oxidation sites excluding steroid dienone is 2. The average Bonchev–Trinajstić information content (AvgIpc) is 3.43. The number of nitrogens with two attached hydrogens (primary N) is 1. The molecule has 5 unspecified atom stereocenters. The summed E-state index contributed by atoms with van der Waals surface area (Å²) in [5.41, 5.74) is 7.25. The van der Waals surface area contributed by atoms with E-state index in [1.165, 1.54) is 44.9 Å². The van der Waals surface area contributed by atoms with Gasteiger partial charge in [-0.25, -0.2) is 0 Å². The fourth-order valence-electron chi connectivity index (χ4n) is 10.4. The Morgan fingerprint density at radius 2 is 1.78 bits per heavy atom. The van der Waals surface area contributed by atoms with E-state index in [9.17, 15) is 5.11 Å². The zero-order valence-electron chi connectivity index (χ0n) is 24.6. The Labute approximate surface area is 226 Å². The highest BCUT2D eigenvalue weighted by molar-refractivity contribution is 5.23. The van der Waals surface area contributed by atoms with Gasteiger partial charge in [0.2, 0.25) is 0 Å². The molecule has 0 aromatic heterocycles. The Bertz CT molecular complexity index is 846. The zero-order chi connectivity index (χ0) is 26.7. The van der Waals surface area contributed by atoms with Crippen LogP contribution in [0.1, 0.15) is 112 Å². The molecule has 1 heterocycles. The lowest BCUT2D eigenvalue weighted by Gasteiger charge is -2.69. The second-order valence-electron chi connectivity index (χ2n) is 14.5. The molecule has 4 saturated carbocycles. The molecule has 5 rings (SSSR count). The van der Waals surface area contributed by atoms with E-state index in [0.29, 0.717) is 48.7 Å². The molecule has 9 atom stereocenters. The van der Waals surface area contributed by atoms with E-state index in [2.05, 4.69) is 39.8 Å². The van der Waals surface area contributed by atoms with E-state index in [4.69, 9.17) is 19.9 Å². The lowest BCUT2D eigenvalue weighted by atomic mass is 9.40. The first-order valence-electron chi connectivity index (χ1n) is 15.5. The summed E-state index contributed by atoms with van der Waals surface area (Å²) in [4.78, 5) is 0. The van der Waals surface area contributed by atoms with Gasteiger partial charge in [0, 0.05) is 6.42 Å². The quantitative estimate of drug-likeness (QED) is 0.227. The predicted molar refractivity (Wildman–Crippen MR) is 148 cm³/mol. The molecule has 3 N–H and O–H groups in total. The topological polar surface area (TPSA) is 73.9 Å². The summed E-state index contributed by atoms with van der Waals surface area (Å²) in [5.74, 6) is 1.37. The standard InChI is InChI=1S/C32H55NO4/c1-7-8-9-10-11-22(2)25-12-13-26-24-21-32(35-18-19-36-32)31(33)20-23(37-28(3,4)34)14-17-30(31,6)27(24)15-16-29(25,26)5/h10-11,22-27,34H,7-9,12-21,33H2,1-6H3/b11-10+/t22-,23?,24?,25-,26?,27?,29-,30-,31?/m1/s1. The van der Waals surface area contributed by atoms with Crippen LogP contribution in [0.5, 0.6) is 0 Å². The number of fused-ring (bicyclic) bond motifs is 6. The van der Waals surface area contributed by atoms with E-state index in [1.807, 2.05) is 0 Å². The number of ether oxygens (including phenoxy) is 3. The lowest BCUT2D eigenvalue weighted by molar-refractivity contribution is -0.318. The van der Waals surface area contributed by atoms with E-state index in [1.54, 1.807) is 13.8 Å². The maximum atomic E-state index is 10.4. The third-order valence-electron chi connectivity index (χ3n) is 12.1. The molecule has 0 aromatic carbocycles. The molecule has 5 heteroatoms. The normalized spacial score (nSPS) is 46.1. The van der Waals surface area contributed by atoms with E-state index in [-0.39, 0.29) is 11.5 Å². The van der Waals surface area contributed by atoms with Gasteiger partial charge in [-0.05, 0) is 106 Å². The molecule has 5 fully saturated rings. The van der Waals surface area contributed by atoms with Gasteiger partial charge in [0.15, 0.2) is 11.6 Å². The summed E-state index contributed by atoms with van der Waals surface area (Å²) in [7, 11) is 0. The summed E-state index contributed by atoms with van der Waals surface area (Å²) < 4.78 is 19.3. The first kappa shape index (κ1) is 28.1. The smallest absolute Gasteiger partial charge is 0.187 e. The highest BCUT2D eigenvalue weighted by Gasteiger charge is 2.73. The molecule has 4 aliphatic carbocycles. The molecule has 5 nitrogen and oxygen atoms in total. The van der Waals surface area contributed by atoms with Crippen LogP contribution in [0.4, 0.5) is 0 Å². The fourth-order valence-corrected chi connectivity index (χ4v) is 10.4. The number of hydrogen-bond donors (Lipinski definition) is 2. The average molecular weight is 518 g/mol. The number of hydrogen-bond acceptors (Lipinski definition) is 5. The molecule has 37 heavy (non-hydrogen) atoms. The Morgan fingerprint density at radius 1 is 1.05 bits per heavy atom. The SMILES string of the molecule is CCCC/C=C/[C@@H](C)[C@H]1CCC2C3CC4(OCCO4)C4(N)CC(OC(C)(C)O)CC[C@]4(C)C3CC[C@@]21C. The van der Waals surface area contributed by atoms with Gasteiger partial charge in [0.25, 0.3) is 0 Å². The van der Waals surface area contributed by atoms with Crippen LogP contribution in [0, 0.1) is 40.4 Å². The van der Waals surface area contributed by atoms with E-state index >= 15 is 0 Å². The van der Waals surface area contributed by atoms with Crippen LogP contribution >= 0.6 is 0 Å². The lowest BCUT2D eigenvalue weighted by Crippen LogP contribution is -2.78. The van der Waals surface area contributed by atoms with Crippen molar-refractivity contribution in [2.45, 2.75) is 135 Å². The van der Waals surface area contributed by atoms with E-state index < -0.39 is 17.1 Å². The monoisotopic (exact) mass is 517 g/mol. The molecule has 1 saturated heterocycles. The Balaban J connectivity index is 1.43. The van der Waals surface area contributed by atoms with Crippen molar-refractivity contribution in [2.24, 2.45) is 46.2 Å². The number of aliphatic hydroxyl groups is 1. The third kappa shape index (κ3) is 4.47. The van der Waals surface area contributed by atoms with Crippen molar-refractivity contribution in [2.75, 3.05) is 13.2 Å². The molecule has 0 bridgehead atoms. The van der Waals surface area contributed by atoms with Gasteiger partial charge < -0.3 is 25.1 Å². The molecule has 212 valence electrons. The molecule has 5 aliphatic rings. The van der Waals surface area contributed by atoms with Gasteiger partial charge >= 0.3 is 0 Å². The predicted octanol–water partition coefficient (Wildman–Crippen LogP) is 6.58. The maximum absolute atomic E-state index is 10.4. The molecule has 0 radical (unpaired) electrons. The van der Waals surface area contributed by atoms with Crippen LogP contribution in [-0.2, 0) is 14.2 Å². The summed E-state index contributed by atoms with van der Waals surface area (Å²) >= 11 is 0. The Kier molecular flexibility index (Phi) is 7.49. The van der Waals surface area contributed by atoms with Crippen molar-refractivity contribution in [1.29, 1.82) is 0 Å². The summed E-state index contributed by atoms with van der Waals surface area (Å²) in [6, 6.07) is 0. The zero-order valence-corrected chi connectivity index (χ0v) is 24.6. The molecule has 0 amide bonds. The minimum atomic E-state index is -1.16. The van der Waals surface area contributed by atoms with Gasteiger partial charge in [-0.1, -0.05) is 52.7 Å². The summed E-state index contributed by atoms with van der Waals surface area (Å²) in [6.45, 7) is 14.5. The van der Waals surface area contributed by atoms with Crippen molar-refractivity contribution in [3.63, 3.8) is 0 Å². The second-order valence-corrected chi connectivity index (χ2v) is 14.5. The minimum Gasteiger partial charge on any atom is -0.366 e. The van der Waals surface area contributed by atoms with Crippen LogP contribution in [0.2, 0.25) is 0 Å². The highest BCUT2D eigenvalue weighted by atomic mass is 16.7. The Hall–Kier alpha value is -0.460. The molecular weight excluding hydrogens is 462 g/mol. The van der Waals surface area contributed by atoms with Gasteiger partial charge in [0.05, 0.1) is 24.9 Å². The van der Waals surface area contributed by atoms with Crippen molar-refractivity contribution in [3.8, 4) is 0 Å². The summed E-state index contributed by atoms with van der Waals surface area (Å²) in [6.07, 6.45) is 17.4. The highest BCUT2D eigenvalue weighted by Crippen LogP contribution is 2.71. The fraction of sp³-hybridized carbons (Fsp3) is 0.938. The third-order valence-corrected chi connectivity index (χ3v) is 12.1. The molecule has 0 aromatic rings. The Morgan fingerprint density at radius 3 is 2.46 bits per heavy atom. The van der Waals surface area contributed by atoms with Gasteiger partial charge in [-0.2, -0.15) is 0 Å².